The highest BCUT2D eigenvalue weighted by molar-refractivity contribution is 4.97. The Morgan fingerprint density at radius 3 is 2.53 bits per heavy atom. The third kappa shape index (κ3) is 1.71. The van der Waals surface area contributed by atoms with Crippen molar-refractivity contribution in [3.63, 3.8) is 0 Å². The summed E-state index contributed by atoms with van der Waals surface area (Å²) in [5.41, 5.74) is 0. The van der Waals surface area contributed by atoms with Crippen molar-refractivity contribution in [2.24, 2.45) is 11.8 Å². The van der Waals surface area contributed by atoms with E-state index in [1.807, 2.05) is 0 Å². The summed E-state index contributed by atoms with van der Waals surface area (Å²) >= 11 is 0. The predicted molar refractivity (Wildman–Crippen MR) is 57.6 cm³/mol. The topological polar surface area (TPSA) is 32.7 Å². The van der Waals surface area contributed by atoms with Crippen molar-refractivity contribution in [1.29, 1.82) is 0 Å². The summed E-state index contributed by atoms with van der Waals surface area (Å²) < 4.78 is 5.39. The average Bonchev–Trinajstić information content (AvgIpc) is 2.54. The Bertz CT molecular complexity index is 228. The molecule has 0 aromatic carbocycles. The number of hydrogen-bond donors (Lipinski definition) is 1. The van der Waals surface area contributed by atoms with Crippen molar-refractivity contribution in [3.05, 3.63) is 0 Å². The molecule has 2 saturated carbocycles. The minimum absolute atomic E-state index is 0.00778. The summed E-state index contributed by atoms with van der Waals surface area (Å²) in [6, 6.07) is 0.641. The molecule has 15 heavy (non-hydrogen) atoms. The third-order valence-corrected chi connectivity index (χ3v) is 4.63. The third-order valence-electron chi connectivity index (χ3n) is 4.63. The number of hydrogen-bond acceptors (Lipinski definition) is 3. The summed E-state index contributed by atoms with van der Waals surface area (Å²) in [6.45, 7) is 3.89. The molecule has 0 spiro atoms. The van der Waals surface area contributed by atoms with Gasteiger partial charge in [-0.1, -0.05) is 0 Å². The fraction of sp³-hybridized carbons (Fsp3) is 1.00. The van der Waals surface area contributed by atoms with Crippen LogP contribution in [0.5, 0.6) is 0 Å². The Balaban J connectivity index is 1.69. The van der Waals surface area contributed by atoms with E-state index in [-0.39, 0.29) is 6.10 Å². The highest BCUT2D eigenvalue weighted by Crippen LogP contribution is 2.44. The van der Waals surface area contributed by atoms with Gasteiger partial charge in [0, 0.05) is 25.0 Å². The standard InChI is InChI=1S/C12H21NO2/c14-12-9-1-3-10(12)11(4-2-9)13-5-7-15-8-6-13/h9-12,14H,1-8H2. The molecule has 2 aliphatic carbocycles. The number of fused-ring (bicyclic) bond motifs is 2. The van der Waals surface area contributed by atoms with Crippen LogP contribution in [0.15, 0.2) is 0 Å². The molecule has 3 fully saturated rings. The van der Waals surface area contributed by atoms with Crippen molar-refractivity contribution >= 4 is 0 Å². The summed E-state index contributed by atoms with van der Waals surface area (Å²) in [7, 11) is 0. The molecular formula is C12H21NO2. The molecule has 0 radical (unpaired) electrons. The van der Waals surface area contributed by atoms with Gasteiger partial charge >= 0.3 is 0 Å². The molecule has 0 aromatic heterocycles. The number of morpholine rings is 1. The van der Waals surface area contributed by atoms with E-state index in [1.165, 1.54) is 25.7 Å². The summed E-state index contributed by atoms with van der Waals surface area (Å²) in [6.07, 6.45) is 5.03. The fourth-order valence-corrected chi connectivity index (χ4v) is 3.79. The molecule has 1 heterocycles. The molecule has 4 atom stereocenters. The van der Waals surface area contributed by atoms with Gasteiger partial charge in [0.05, 0.1) is 19.3 Å². The minimum atomic E-state index is -0.00778. The first-order chi connectivity index (χ1) is 7.36. The van der Waals surface area contributed by atoms with Crippen LogP contribution in [0.3, 0.4) is 0 Å². The maximum absolute atomic E-state index is 10.2. The number of ether oxygens (including phenoxy) is 1. The van der Waals surface area contributed by atoms with E-state index in [0.29, 0.717) is 17.9 Å². The summed E-state index contributed by atoms with van der Waals surface area (Å²) in [5, 5.41) is 10.2. The Kier molecular flexibility index (Phi) is 2.71. The van der Waals surface area contributed by atoms with Gasteiger partial charge in [-0.3, -0.25) is 4.90 Å². The number of aliphatic hydroxyl groups excluding tert-OH is 1. The molecule has 1 saturated heterocycles. The van der Waals surface area contributed by atoms with E-state index in [9.17, 15) is 5.11 Å². The van der Waals surface area contributed by atoms with Crippen LogP contribution in [0.1, 0.15) is 25.7 Å². The molecule has 3 rings (SSSR count). The van der Waals surface area contributed by atoms with Crippen molar-refractivity contribution < 1.29 is 9.84 Å². The normalized spacial score (nSPS) is 47.0. The first-order valence-electron chi connectivity index (χ1n) is 6.36. The zero-order valence-corrected chi connectivity index (χ0v) is 9.27. The van der Waals surface area contributed by atoms with Crippen LogP contribution in [0.4, 0.5) is 0 Å². The Morgan fingerprint density at radius 2 is 1.73 bits per heavy atom. The largest absolute Gasteiger partial charge is 0.392 e. The average molecular weight is 211 g/mol. The molecular weight excluding hydrogens is 190 g/mol. The highest BCUT2D eigenvalue weighted by Gasteiger charge is 2.45. The predicted octanol–water partition coefficient (Wildman–Crippen LogP) is 0.868. The quantitative estimate of drug-likeness (QED) is 0.698. The SMILES string of the molecule is OC1C2CCC1C(N1CCOCC1)CC2. The zero-order chi connectivity index (χ0) is 10.3. The Morgan fingerprint density at radius 1 is 1.00 bits per heavy atom. The van der Waals surface area contributed by atoms with E-state index < -0.39 is 0 Å². The lowest BCUT2D eigenvalue weighted by atomic mass is 9.81. The molecule has 0 amide bonds. The van der Waals surface area contributed by atoms with Crippen LogP contribution in [-0.4, -0.2) is 48.5 Å². The van der Waals surface area contributed by atoms with Gasteiger partial charge in [0.2, 0.25) is 0 Å². The van der Waals surface area contributed by atoms with Crippen LogP contribution in [0.2, 0.25) is 0 Å². The van der Waals surface area contributed by atoms with Crippen LogP contribution in [0.25, 0.3) is 0 Å². The summed E-state index contributed by atoms with van der Waals surface area (Å²) in [5.74, 6) is 1.18. The van der Waals surface area contributed by atoms with Gasteiger partial charge in [0.1, 0.15) is 0 Å². The Hall–Kier alpha value is -0.120. The van der Waals surface area contributed by atoms with Gasteiger partial charge in [-0.15, -0.1) is 0 Å². The van der Waals surface area contributed by atoms with Crippen molar-refractivity contribution in [2.45, 2.75) is 37.8 Å². The second-order valence-electron chi connectivity index (χ2n) is 5.28. The molecule has 3 nitrogen and oxygen atoms in total. The van der Waals surface area contributed by atoms with Gasteiger partial charge in [0.15, 0.2) is 0 Å². The fourth-order valence-electron chi connectivity index (χ4n) is 3.79. The number of aliphatic hydroxyl groups is 1. The van der Waals surface area contributed by atoms with Gasteiger partial charge in [-0.25, -0.2) is 0 Å². The van der Waals surface area contributed by atoms with Crippen LogP contribution >= 0.6 is 0 Å². The zero-order valence-electron chi connectivity index (χ0n) is 9.27. The van der Waals surface area contributed by atoms with Crippen LogP contribution < -0.4 is 0 Å². The van der Waals surface area contributed by atoms with Crippen molar-refractivity contribution in [1.82, 2.24) is 4.90 Å². The number of rotatable bonds is 1. The molecule has 2 bridgehead atoms. The first-order valence-corrected chi connectivity index (χ1v) is 6.36. The first kappa shape index (κ1) is 10.1. The lowest BCUT2D eigenvalue weighted by molar-refractivity contribution is -0.0412. The van der Waals surface area contributed by atoms with Gasteiger partial charge in [-0.2, -0.15) is 0 Å². The molecule has 1 aliphatic heterocycles. The lowest BCUT2D eigenvalue weighted by Crippen LogP contribution is -2.51. The maximum atomic E-state index is 10.2. The molecule has 86 valence electrons. The molecule has 4 unspecified atom stereocenters. The van der Waals surface area contributed by atoms with Gasteiger partial charge in [-0.05, 0) is 31.6 Å². The molecule has 1 N–H and O–H groups in total. The molecule has 3 aliphatic rings. The monoisotopic (exact) mass is 211 g/mol. The maximum Gasteiger partial charge on any atom is 0.0611 e. The van der Waals surface area contributed by atoms with E-state index in [0.717, 1.165) is 26.3 Å². The lowest BCUT2D eigenvalue weighted by Gasteiger charge is -2.42. The Labute approximate surface area is 91.4 Å². The number of nitrogens with zero attached hydrogens (tertiary/aromatic N) is 1. The van der Waals surface area contributed by atoms with Gasteiger partial charge < -0.3 is 9.84 Å². The van der Waals surface area contributed by atoms with E-state index in [2.05, 4.69) is 4.90 Å². The molecule has 3 heteroatoms. The van der Waals surface area contributed by atoms with E-state index in [4.69, 9.17) is 4.74 Å². The smallest absolute Gasteiger partial charge is 0.0611 e. The summed E-state index contributed by atoms with van der Waals surface area (Å²) in [4.78, 5) is 2.55. The second-order valence-corrected chi connectivity index (χ2v) is 5.28. The highest BCUT2D eigenvalue weighted by atomic mass is 16.5. The van der Waals surface area contributed by atoms with Crippen molar-refractivity contribution in [3.8, 4) is 0 Å². The second kappa shape index (κ2) is 4.04. The van der Waals surface area contributed by atoms with Crippen molar-refractivity contribution in [2.75, 3.05) is 26.3 Å². The van der Waals surface area contributed by atoms with Crippen LogP contribution in [0, 0.1) is 11.8 Å². The minimum Gasteiger partial charge on any atom is -0.392 e. The van der Waals surface area contributed by atoms with E-state index >= 15 is 0 Å². The van der Waals surface area contributed by atoms with Gasteiger partial charge in [0.25, 0.3) is 0 Å². The van der Waals surface area contributed by atoms with E-state index in [1.54, 1.807) is 0 Å². The molecule has 0 aromatic rings. The van der Waals surface area contributed by atoms with Crippen LogP contribution in [-0.2, 0) is 4.74 Å².